The number of ether oxygens (including phenoxy) is 1. The van der Waals surface area contributed by atoms with Gasteiger partial charge in [0.25, 0.3) is 5.91 Å². The summed E-state index contributed by atoms with van der Waals surface area (Å²) >= 11 is 6.57. The first-order valence-electron chi connectivity index (χ1n) is 17.0. The maximum Gasteiger partial charge on any atom is 0.264 e. The average Bonchev–Trinajstić information content (AvgIpc) is 3.50. The largest absolute Gasteiger partial charge is 0.432 e. The molecule has 4 aliphatic rings. The minimum absolute atomic E-state index is 0.0174. The Bertz CT molecular complexity index is 1780. The third-order valence-electron chi connectivity index (χ3n) is 10.9. The van der Waals surface area contributed by atoms with Crippen molar-refractivity contribution in [2.45, 2.75) is 69.2 Å². The standard InChI is InChI=1S/C37H43ClN4O6Si/c1-23-35(49(2,3)47)32(18-33(44)41-21-26-7-5-4-6-25(26)16-29(41)22-43)48-37(23)30-17-27(38)10-13-31(30)42(36(37)46)20-24-8-11-28(12-9-24)40-15-14-39-19-34(40)45/h4-13,17,23,29,32,35,39,43,47H,14-16,18-22H2,1-3H3/t23-,29-,32+,35-,37+/m0/s1. The molecule has 12 heteroatoms. The van der Waals surface area contributed by atoms with Crippen LogP contribution in [-0.2, 0) is 44.2 Å². The molecule has 0 bridgehead atoms. The minimum Gasteiger partial charge on any atom is -0.432 e. The summed E-state index contributed by atoms with van der Waals surface area (Å²) in [5.41, 5.74) is 3.29. The van der Waals surface area contributed by atoms with E-state index in [1.165, 1.54) is 0 Å². The number of aliphatic hydroxyl groups excluding tert-OH is 1. The molecule has 0 saturated carbocycles. The van der Waals surface area contributed by atoms with E-state index in [4.69, 9.17) is 16.3 Å². The Labute approximate surface area is 292 Å². The molecule has 0 aliphatic carbocycles. The van der Waals surface area contributed by atoms with Gasteiger partial charge in [0.1, 0.15) is 0 Å². The molecule has 3 aromatic carbocycles. The predicted molar refractivity (Wildman–Crippen MR) is 190 cm³/mol. The third kappa shape index (κ3) is 5.90. The summed E-state index contributed by atoms with van der Waals surface area (Å²) in [6.45, 7) is 7.72. The molecule has 3 N–H and O–H groups in total. The van der Waals surface area contributed by atoms with Crippen LogP contribution in [0.3, 0.4) is 0 Å². The average molecular weight is 703 g/mol. The summed E-state index contributed by atoms with van der Waals surface area (Å²) < 4.78 is 6.90. The van der Waals surface area contributed by atoms with Gasteiger partial charge in [-0.05, 0) is 66.5 Å². The zero-order chi connectivity index (χ0) is 34.7. The normalized spacial score (nSPS) is 26.8. The van der Waals surface area contributed by atoms with Gasteiger partial charge in [0.15, 0.2) is 13.9 Å². The topological polar surface area (TPSA) is 123 Å². The Morgan fingerprint density at radius 3 is 2.51 bits per heavy atom. The zero-order valence-electron chi connectivity index (χ0n) is 28.1. The molecule has 1 spiro atoms. The fraction of sp³-hybridized carbons (Fsp3) is 0.432. The van der Waals surface area contributed by atoms with E-state index in [-0.39, 0.29) is 43.3 Å². The number of piperazine rings is 1. The van der Waals surface area contributed by atoms with Gasteiger partial charge in [-0.1, -0.05) is 54.9 Å². The van der Waals surface area contributed by atoms with E-state index < -0.39 is 31.5 Å². The van der Waals surface area contributed by atoms with Crippen molar-refractivity contribution in [3.05, 3.63) is 94.0 Å². The first kappa shape index (κ1) is 33.9. The Morgan fingerprint density at radius 2 is 1.82 bits per heavy atom. The molecule has 4 aliphatic heterocycles. The third-order valence-corrected chi connectivity index (χ3v) is 13.6. The lowest BCUT2D eigenvalue weighted by atomic mass is 9.82. The van der Waals surface area contributed by atoms with Crippen LogP contribution in [0, 0.1) is 5.92 Å². The number of carbonyl (C=O) groups excluding carboxylic acids is 3. The Balaban J connectivity index is 1.19. The molecule has 0 radical (unpaired) electrons. The van der Waals surface area contributed by atoms with Crippen LogP contribution in [0.15, 0.2) is 66.7 Å². The highest BCUT2D eigenvalue weighted by Crippen LogP contribution is 2.60. The van der Waals surface area contributed by atoms with Crippen LogP contribution in [-0.4, -0.2) is 79.2 Å². The van der Waals surface area contributed by atoms with Crippen LogP contribution in [0.4, 0.5) is 11.4 Å². The van der Waals surface area contributed by atoms with Gasteiger partial charge < -0.3 is 34.7 Å². The number of hydrogen-bond donors (Lipinski definition) is 3. The summed E-state index contributed by atoms with van der Waals surface area (Å²) in [6.07, 6.45) is -0.195. The van der Waals surface area contributed by atoms with Gasteiger partial charge in [-0.15, -0.1) is 0 Å². The highest BCUT2D eigenvalue weighted by molar-refractivity contribution is 6.71. The lowest BCUT2D eigenvalue weighted by molar-refractivity contribution is -0.151. The van der Waals surface area contributed by atoms with Crippen molar-refractivity contribution in [3.8, 4) is 0 Å². The van der Waals surface area contributed by atoms with E-state index in [1.807, 2.05) is 74.6 Å². The molecular weight excluding hydrogens is 660 g/mol. The van der Waals surface area contributed by atoms with E-state index in [2.05, 4.69) is 5.32 Å². The van der Waals surface area contributed by atoms with Crippen molar-refractivity contribution < 1.29 is 29.0 Å². The number of halogens is 1. The van der Waals surface area contributed by atoms with Crippen molar-refractivity contribution >= 4 is 49.0 Å². The van der Waals surface area contributed by atoms with Crippen molar-refractivity contribution in [1.29, 1.82) is 0 Å². The number of fused-ring (bicyclic) bond motifs is 3. The number of amides is 3. The number of nitrogens with one attached hydrogen (secondary N) is 1. The quantitative estimate of drug-likeness (QED) is 0.319. The molecule has 2 fully saturated rings. The van der Waals surface area contributed by atoms with Crippen LogP contribution in [0.2, 0.25) is 23.7 Å². The molecule has 10 nitrogen and oxygen atoms in total. The molecule has 258 valence electrons. The SMILES string of the molecule is C[C@H]1[C@H]([Si](C)(C)O)[C@@H](CC(=O)N2Cc3ccccc3C[C@H]2CO)O[C@]12C(=O)N(Cc1ccc(N3CCNCC3=O)cc1)c1ccc(Cl)cc12. The highest BCUT2D eigenvalue weighted by atomic mass is 35.5. The number of anilines is 2. The summed E-state index contributed by atoms with van der Waals surface area (Å²) in [6, 6.07) is 20.6. The van der Waals surface area contributed by atoms with Gasteiger partial charge in [-0.2, -0.15) is 0 Å². The zero-order valence-corrected chi connectivity index (χ0v) is 29.8. The van der Waals surface area contributed by atoms with Crippen molar-refractivity contribution in [2.24, 2.45) is 5.92 Å². The molecule has 0 aromatic heterocycles. The van der Waals surface area contributed by atoms with E-state index in [0.717, 1.165) is 28.9 Å². The number of benzene rings is 3. The summed E-state index contributed by atoms with van der Waals surface area (Å²) in [4.78, 5) is 58.2. The number of nitrogens with zero attached hydrogens (tertiary/aromatic N) is 3. The maximum atomic E-state index is 14.8. The Kier molecular flexibility index (Phi) is 8.96. The number of aliphatic hydroxyl groups is 1. The fourth-order valence-corrected chi connectivity index (χ4v) is 11.3. The predicted octanol–water partition coefficient (Wildman–Crippen LogP) is 3.96. The molecule has 2 saturated heterocycles. The summed E-state index contributed by atoms with van der Waals surface area (Å²) in [5.74, 6) is -0.869. The van der Waals surface area contributed by atoms with Gasteiger partial charge in [-0.25, -0.2) is 0 Å². The number of carbonyl (C=O) groups is 3. The first-order chi connectivity index (χ1) is 23.4. The van der Waals surface area contributed by atoms with Gasteiger partial charge >= 0.3 is 0 Å². The van der Waals surface area contributed by atoms with Gasteiger partial charge in [0.05, 0.1) is 44.0 Å². The van der Waals surface area contributed by atoms with Crippen LogP contribution >= 0.6 is 11.6 Å². The summed E-state index contributed by atoms with van der Waals surface area (Å²) in [5, 5.41) is 13.8. The van der Waals surface area contributed by atoms with Crippen LogP contribution < -0.4 is 15.1 Å². The molecule has 3 amide bonds. The Hall–Kier alpha value is -3.58. The lowest BCUT2D eigenvalue weighted by Gasteiger charge is -2.37. The van der Waals surface area contributed by atoms with Crippen LogP contribution in [0.5, 0.6) is 0 Å². The van der Waals surface area contributed by atoms with Crippen LogP contribution in [0.25, 0.3) is 0 Å². The molecule has 7 rings (SSSR count). The van der Waals surface area contributed by atoms with E-state index in [0.29, 0.717) is 42.3 Å². The molecule has 3 aromatic rings. The molecule has 0 unspecified atom stereocenters. The van der Waals surface area contributed by atoms with E-state index in [9.17, 15) is 24.3 Å². The van der Waals surface area contributed by atoms with Gasteiger partial charge in [-0.3, -0.25) is 14.4 Å². The fourth-order valence-electron chi connectivity index (χ4n) is 8.58. The second kappa shape index (κ2) is 12.9. The van der Waals surface area contributed by atoms with E-state index in [1.54, 1.807) is 26.8 Å². The minimum atomic E-state index is -3.02. The molecular formula is C37H43ClN4O6Si. The second-order valence-corrected chi connectivity index (χ2v) is 18.7. The van der Waals surface area contributed by atoms with Crippen LogP contribution in [0.1, 0.15) is 35.6 Å². The van der Waals surface area contributed by atoms with Gasteiger partial charge in [0.2, 0.25) is 11.8 Å². The van der Waals surface area contributed by atoms with Crippen molar-refractivity contribution in [2.75, 3.05) is 36.0 Å². The van der Waals surface area contributed by atoms with Gasteiger partial charge in [0, 0.05) is 47.4 Å². The first-order valence-corrected chi connectivity index (χ1v) is 20.4. The second-order valence-electron chi connectivity index (χ2n) is 14.3. The lowest BCUT2D eigenvalue weighted by Crippen LogP contribution is -2.48. The highest BCUT2D eigenvalue weighted by Gasteiger charge is 2.66. The summed E-state index contributed by atoms with van der Waals surface area (Å²) in [7, 11) is -3.02. The molecule has 49 heavy (non-hydrogen) atoms. The smallest absolute Gasteiger partial charge is 0.264 e. The Morgan fingerprint density at radius 1 is 1.08 bits per heavy atom. The molecule has 4 heterocycles. The van der Waals surface area contributed by atoms with Crippen molar-refractivity contribution in [3.63, 3.8) is 0 Å². The monoisotopic (exact) mass is 702 g/mol. The number of rotatable bonds is 7. The number of hydrogen-bond acceptors (Lipinski definition) is 7. The molecule has 5 atom stereocenters. The van der Waals surface area contributed by atoms with E-state index >= 15 is 0 Å². The van der Waals surface area contributed by atoms with Crippen molar-refractivity contribution in [1.82, 2.24) is 10.2 Å². The maximum absolute atomic E-state index is 14.8.